The summed E-state index contributed by atoms with van der Waals surface area (Å²) in [7, 11) is 0. The first-order valence-corrected chi connectivity index (χ1v) is 6.89. The van der Waals surface area contributed by atoms with Crippen LogP contribution in [0.5, 0.6) is 0 Å². The molecular weight excluding hydrogens is 238 g/mol. The van der Waals surface area contributed by atoms with E-state index in [1.807, 2.05) is 23.4 Å². The fraction of sp³-hybridized carbons (Fsp3) is 0.467. The van der Waals surface area contributed by atoms with Crippen LogP contribution in [0.2, 0.25) is 0 Å². The van der Waals surface area contributed by atoms with Gasteiger partial charge in [0.15, 0.2) is 0 Å². The van der Waals surface area contributed by atoms with Crippen molar-refractivity contribution in [2.45, 2.75) is 26.3 Å². The van der Waals surface area contributed by atoms with E-state index in [9.17, 15) is 4.79 Å². The lowest BCUT2D eigenvalue weighted by molar-refractivity contribution is -0.130. The van der Waals surface area contributed by atoms with Gasteiger partial charge in [-0.3, -0.25) is 4.79 Å². The largest absolute Gasteiger partial charge is 0.343 e. The fourth-order valence-corrected chi connectivity index (χ4v) is 2.86. The predicted molar refractivity (Wildman–Crippen MR) is 74.7 cm³/mol. The topological polar surface area (TPSA) is 38.1 Å². The van der Waals surface area contributed by atoms with E-state index in [1.165, 1.54) is 5.52 Å². The lowest BCUT2D eigenvalue weighted by atomic mass is 9.96. The second-order valence-electron chi connectivity index (χ2n) is 5.34. The molecule has 0 N–H and O–H groups in total. The molecular formula is C15H19N3O. The molecule has 2 aromatic rings. The van der Waals surface area contributed by atoms with E-state index < -0.39 is 0 Å². The van der Waals surface area contributed by atoms with E-state index in [4.69, 9.17) is 0 Å². The van der Waals surface area contributed by atoms with Crippen molar-refractivity contribution in [2.75, 3.05) is 13.1 Å². The Kier molecular flexibility index (Phi) is 3.23. The quantitative estimate of drug-likeness (QED) is 0.828. The van der Waals surface area contributed by atoms with Crippen molar-refractivity contribution < 1.29 is 4.79 Å². The molecule has 0 saturated carbocycles. The van der Waals surface area contributed by atoms with Gasteiger partial charge in [-0.25, -0.2) is 4.98 Å². The third-order valence-electron chi connectivity index (χ3n) is 4.04. The van der Waals surface area contributed by atoms with Gasteiger partial charge < -0.3 is 9.47 Å². The highest BCUT2D eigenvalue weighted by Gasteiger charge is 2.21. The Bertz CT molecular complexity index is 582. The molecule has 0 unspecified atom stereocenters. The molecule has 1 amide bonds. The van der Waals surface area contributed by atoms with E-state index in [-0.39, 0.29) is 5.91 Å². The monoisotopic (exact) mass is 257 g/mol. The number of fused-ring (bicyclic) bond motifs is 1. The van der Waals surface area contributed by atoms with Crippen molar-refractivity contribution in [2.24, 2.45) is 5.92 Å². The lowest BCUT2D eigenvalue weighted by Crippen LogP contribution is -2.37. The van der Waals surface area contributed by atoms with Crippen LogP contribution < -0.4 is 0 Å². The summed E-state index contributed by atoms with van der Waals surface area (Å²) in [6.07, 6.45) is 4.11. The minimum absolute atomic E-state index is 0.200. The average Bonchev–Trinajstić information content (AvgIpc) is 2.83. The van der Waals surface area contributed by atoms with Gasteiger partial charge in [0.2, 0.25) is 5.91 Å². The summed E-state index contributed by atoms with van der Waals surface area (Å²) in [6, 6.07) is 8.24. The average molecular weight is 257 g/mol. The zero-order valence-corrected chi connectivity index (χ0v) is 11.2. The zero-order chi connectivity index (χ0) is 13.2. The molecule has 19 heavy (non-hydrogen) atoms. The number of carbonyl (C=O) groups excluding carboxylic acids is 1. The van der Waals surface area contributed by atoms with Crippen LogP contribution in [0.4, 0.5) is 0 Å². The third kappa shape index (κ3) is 2.48. The van der Waals surface area contributed by atoms with Crippen LogP contribution in [0.3, 0.4) is 0 Å². The first kappa shape index (κ1) is 12.2. The first-order valence-electron chi connectivity index (χ1n) is 6.89. The smallest absolute Gasteiger partial charge is 0.219 e. The van der Waals surface area contributed by atoms with Gasteiger partial charge in [-0.2, -0.15) is 0 Å². The van der Waals surface area contributed by atoms with Crippen LogP contribution in [-0.2, 0) is 11.3 Å². The molecule has 4 nitrogen and oxygen atoms in total. The number of hydrogen-bond acceptors (Lipinski definition) is 2. The molecule has 3 rings (SSSR count). The van der Waals surface area contributed by atoms with Gasteiger partial charge in [0.1, 0.15) is 0 Å². The number of hydrogen-bond donors (Lipinski definition) is 0. The maximum atomic E-state index is 11.3. The minimum Gasteiger partial charge on any atom is -0.343 e. The van der Waals surface area contributed by atoms with Crippen molar-refractivity contribution >= 4 is 16.9 Å². The molecule has 1 aliphatic heterocycles. The van der Waals surface area contributed by atoms with Crippen molar-refractivity contribution in [3.05, 3.63) is 30.6 Å². The second kappa shape index (κ2) is 5.03. The molecule has 0 atom stereocenters. The number of para-hydroxylation sites is 2. The summed E-state index contributed by atoms with van der Waals surface area (Å²) >= 11 is 0. The van der Waals surface area contributed by atoms with Gasteiger partial charge in [0, 0.05) is 26.6 Å². The van der Waals surface area contributed by atoms with Crippen LogP contribution in [0, 0.1) is 5.92 Å². The van der Waals surface area contributed by atoms with Gasteiger partial charge >= 0.3 is 0 Å². The molecule has 1 saturated heterocycles. The maximum absolute atomic E-state index is 11.3. The van der Waals surface area contributed by atoms with E-state index in [0.717, 1.165) is 38.0 Å². The number of carbonyl (C=O) groups is 1. The van der Waals surface area contributed by atoms with Crippen molar-refractivity contribution in [3.63, 3.8) is 0 Å². The van der Waals surface area contributed by atoms with E-state index in [2.05, 4.69) is 21.7 Å². The Labute approximate surface area is 113 Å². The van der Waals surface area contributed by atoms with Crippen LogP contribution in [0.1, 0.15) is 19.8 Å². The van der Waals surface area contributed by atoms with Crippen molar-refractivity contribution in [3.8, 4) is 0 Å². The minimum atomic E-state index is 0.200. The normalized spacial score (nSPS) is 17.0. The molecule has 100 valence electrons. The van der Waals surface area contributed by atoms with Gasteiger partial charge in [-0.1, -0.05) is 12.1 Å². The van der Waals surface area contributed by atoms with Crippen LogP contribution in [0.15, 0.2) is 30.6 Å². The van der Waals surface area contributed by atoms with Crippen LogP contribution in [-0.4, -0.2) is 33.4 Å². The summed E-state index contributed by atoms with van der Waals surface area (Å²) in [5.74, 6) is 0.847. The molecule has 4 heteroatoms. The van der Waals surface area contributed by atoms with Gasteiger partial charge in [-0.05, 0) is 30.9 Å². The number of likely N-dealkylation sites (tertiary alicyclic amines) is 1. The van der Waals surface area contributed by atoms with Crippen molar-refractivity contribution in [1.82, 2.24) is 14.5 Å². The fourth-order valence-electron chi connectivity index (χ4n) is 2.86. The highest BCUT2D eigenvalue weighted by Crippen LogP contribution is 2.21. The third-order valence-corrected chi connectivity index (χ3v) is 4.04. The zero-order valence-electron chi connectivity index (χ0n) is 11.2. The highest BCUT2D eigenvalue weighted by molar-refractivity contribution is 5.75. The molecule has 1 aliphatic rings. The first-order chi connectivity index (χ1) is 9.24. The standard InChI is InChI=1S/C15H19N3O/c1-12(19)17-8-6-13(7-9-17)10-18-11-16-14-4-2-3-5-15(14)18/h2-5,11,13H,6-10H2,1H3. The van der Waals surface area contributed by atoms with Crippen LogP contribution in [0.25, 0.3) is 11.0 Å². The van der Waals surface area contributed by atoms with Crippen LogP contribution >= 0.6 is 0 Å². The summed E-state index contributed by atoms with van der Waals surface area (Å²) in [5.41, 5.74) is 2.26. The molecule has 1 aromatic carbocycles. The molecule has 0 spiro atoms. The Balaban J connectivity index is 1.68. The Morgan fingerprint density at radius 3 is 2.79 bits per heavy atom. The Morgan fingerprint density at radius 2 is 2.05 bits per heavy atom. The molecule has 1 fully saturated rings. The molecule has 0 aliphatic carbocycles. The number of aromatic nitrogens is 2. The Morgan fingerprint density at radius 1 is 1.32 bits per heavy atom. The number of nitrogens with zero attached hydrogens (tertiary/aromatic N) is 3. The maximum Gasteiger partial charge on any atom is 0.219 e. The summed E-state index contributed by atoms with van der Waals surface area (Å²) in [6.45, 7) is 4.45. The van der Waals surface area contributed by atoms with E-state index >= 15 is 0 Å². The number of imidazole rings is 1. The van der Waals surface area contributed by atoms with Gasteiger partial charge in [0.05, 0.1) is 17.4 Å². The number of amides is 1. The Hall–Kier alpha value is -1.84. The van der Waals surface area contributed by atoms with Crippen molar-refractivity contribution in [1.29, 1.82) is 0 Å². The second-order valence-corrected chi connectivity index (χ2v) is 5.34. The predicted octanol–water partition coefficient (Wildman–Crippen LogP) is 2.29. The molecule has 0 bridgehead atoms. The number of piperidine rings is 1. The van der Waals surface area contributed by atoms with E-state index in [1.54, 1.807) is 6.92 Å². The summed E-state index contributed by atoms with van der Waals surface area (Å²) in [4.78, 5) is 17.7. The number of rotatable bonds is 2. The molecule has 1 aromatic heterocycles. The summed E-state index contributed by atoms with van der Waals surface area (Å²) < 4.78 is 2.24. The lowest BCUT2D eigenvalue weighted by Gasteiger charge is -2.31. The highest BCUT2D eigenvalue weighted by atomic mass is 16.2. The van der Waals surface area contributed by atoms with Gasteiger partial charge in [-0.15, -0.1) is 0 Å². The SMILES string of the molecule is CC(=O)N1CCC(Cn2cnc3ccccc32)CC1. The molecule has 0 radical (unpaired) electrons. The number of benzene rings is 1. The van der Waals surface area contributed by atoms with Gasteiger partial charge in [0.25, 0.3) is 0 Å². The summed E-state index contributed by atoms with van der Waals surface area (Å²) in [5, 5.41) is 0. The van der Waals surface area contributed by atoms with E-state index in [0.29, 0.717) is 5.92 Å². The molecule has 2 heterocycles.